The number of aromatic nitrogens is 2. The maximum Gasteiger partial charge on any atom is 0.144 e. The summed E-state index contributed by atoms with van der Waals surface area (Å²) in [5, 5.41) is 4.59. The van der Waals surface area contributed by atoms with Gasteiger partial charge in [-0.05, 0) is 24.3 Å². The molecule has 0 aliphatic rings. The summed E-state index contributed by atoms with van der Waals surface area (Å²) in [6.45, 7) is 0. The number of para-hydroxylation sites is 2. The normalized spacial score (nSPS) is 10.6. The van der Waals surface area contributed by atoms with E-state index in [4.69, 9.17) is 10.5 Å². The summed E-state index contributed by atoms with van der Waals surface area (Å²) in [6, 6.07) is 15.6. The fourth-order valence-electron chi connectivity index (χ4n) is 2.19. The van der Waals surface area contributed by atoms with Gasteiger partial charge in [-0.2, -0.15) is 5.10 Å². The Morgan fingerprint density at radius 1 is 1.14 bits per heavy atom. The summed E-state index contributed by atoms with van der Waals surface area (Å²) < 4.78 is 8.10. The van der Waals surface area contributed by atoms with Crippen molar-refractivity contribution in [3.05, 3.63) is 59.2 Å². The van der Waals surface area contributed by atoms with Crippen LogP contribution < -0.4 is 10.5 Å². The van der Waals surface area contributed by atoms with Crippen molar-refractivity contribution < 1.29 is 4.74 Å². The van der Waals surface area contributed by atoms with Gasteiger partial charge in [0.2, 0.25) is 0 Å². The van der Waals surface area contributed by atoms with Gasteiger partial charge in [0.1, 0.15) is 17.1 Å². The van der Waals surface area contributed by atoms with E-state index in [1.807, 2.05) is 48.5 Å². The van der Waals surface area contributed by atoms with Crippen molar-refractivity contribution in [3.8, 4) is 22.7 Å². The lowest BCUT2D eigenvalue weighted by molar-refractivity contribution is 0.412. The van der Waals surface area contributed by atoms with Gasteiger partial charge < -0.3 is 10.5 Å². The van der Waals surface area contributed by atoms with Crippen LogP contribution in [0.5, 0.6) is 5.75 Å². The Morgan fingerprint density at radius 2 is 1.95 bits per heavy atom. The predicted octanol–water partition coefficient (Wildman–Crippen LogP) is 3.89. The first-order valence-electron chi connectivity index (χ1n) is 6.43. The zero-order valence-corrected chi connectivity index (χ0v) is 13.0. The zero-order valence-electron chi connectivity index (χ0n) is 11.5. The Bertz CT molecular complexity index is 783. The lowest BCUT2D eigenvalue weighted by atomic mass is 10.1. The highest BCUT2D eigenvalue weighted by Crippen LogP contribution is 2.29. The van der Waals surface area contributed by atoms with Crippen LogP contribution in [0.4, 0.5) is 5.69 Å². The summed E-state index contributed by atoms with van der Waals surface area (Å²) in [5.41, 5.74) is 9.31. The maximum atomic E-state index is 6.11. The minimum absolute atomic E-state index is 0.624. The molecule has 0 saturated heterocycles. The monoisotopic (exact) mass is 343 g/mol. The molecule has 0 fully saturated rings. The molecule has 0 saturated carbocycles. The summed E-state index contributed by atoms with van der Waals surface area (Å²) in [5.74, 6) is 0.751. The van der Waals surface area contributed by atoms with E-state index >= 15 is 0 Å². The van der Waals surface area contributed by atoms with Crippen molar-refractivity contribution in [3.63, 3.8) is 0 Å². The van der Waals surface area contributed by atoms with Crippen LogP contribution in [0.15, 0.2) is 59.2 Å². The molecule has 2 N–H and O–H groups in total. The van der Waals surface area contributed by atoms with Crippen LogP contribution in [0.25, 0.3) is 16.9 Å². The highest BCUT2D eigenvalue weighted by molar-refractivity contribution is 9.10. The van der Waals surface area contributed by atoms with Crippen LogP contribution in [0.3, 0.4) is 0 Å². The highest BCUT2D eigenvalue weighted by atomic mass is 79.9. The van der Waals surface area contributed by atoms with Crippen LogP contribution in [0.2, 0.25) is 0 Å². The van der Waals surface area contributed by atoms with Gasteiger partial charge in [0, 0.05) is 10.0 Å². The Balaban J connectivity index is 2.10. The average Bonchev–Trinajstić information content (AvgIpc) is 2.89. The van der Waals surface area contributed by atoms with Crippen molar-refractivity contribution in [2.45, 2.75) is 0 Å². The molecule has 0 atom stereocenters. The maximum absolute atomic E-state index is 6.11. The largest absolute Gasteiger partial charge is 0.494 e. The second kappa shape index (κ2) is 5.61. The lowest BCUT2D eigenvalue weighted by Gasteiger charge is -2.07. The van der Waals surface area contributed by atoms with Crippen LogP contribution in [-0.4, -0.2) is 16.9 Å². The Hall–Kier alpha value is -2.27. The van der Waals surface area contributed by atoms with Gasteiger partial charge in [0.25, 0.3) is 0 Å². The van der Waals surface area contributed by atoms with Gasteiger partial charge in [-0.3, -0.25) is 0 Å². The van der Waals surface area contributed by atoms with E-state index in [1.54, 1.807) is 18.0 Å². The molecule has 0 radical (unpaired) electrons. The first kappa shape index (κ1) is 13.7. The molecule has 0 unspecified atom stereocenters. The van der Waals surface area contributed by atoms with Crippen LogP contribution in [0, 0.1) is 0 Å². The van der Waals surface area contributed by atoms with Crippen molar-refractivity contribution in [2.75, 3.05) is 12.8 Å². The van der Waals surface area contributed by atoms with E-state index in [9.17, 15) is 0 Å². The van der Waals surface area contributed by atoms with Crippen molar-refractivity contribution in [2.24, 2.45) is 0 Å². The smallest absolute Gasteiger partial charge is 0.144 e. The van der Waals surface area contributed by atoms with Gasteiger partial charge in [-0.25, -0.2) is 4.68 Å². The molecule has 3 aromatic rings. The number of rotatable bonds is 3. The number of ether oxygens (including phenoxy) is 1. The molecular formula is C16H14BrN3O. The SMILES string of the molecule is COc1ccccc1-n1cc(N)c(-c2cccc(Br)c2)n1. The third-order valence-corrected chi connectivity index (χ3v) is 3.67. The van der Waals surface area contributed by atoms with Crippen molar-refractivity contribution >= 4 is 21.6 Å². The molecule has 0 amide bonds. The minimum Gasteiger partial charge on any atom is -0.494 e. The summed E-state index contributed by atoms with van der Waals surface area (Å²) in [4.78, 5) is 0. The molecule has 2 aromatic carbocycles. The number of anilines is 1. The third kappa shape index (κ3) is 2.64. The van der Waals surface area contributed by atoms with Gasteiger partial charge in [0.15, 0.2) is 0 Å². The van der Waals surface area contributed by atoms with E-state index in [2.05, 4.69) is 21.0 Å². The summed E-state index contributed by atoms with van der Waals surface area (Å²) in [7, 11) is 1.64. The van der Waals surface area contributed by atoms with E-state index in [0.29, 0.717) is 5.69 Å². The first-order chi connectivity index (χ1) is 10.2. The summed E-state index contributed by atoms with van der Waals surface area (Å²) >= 11 is 3.46. The van der Waals surface area contributed by atoms with E-state index < -0.39 is 0 Å². The Labute approximate surface area is 131 Å². The lowest BCUT2D eigenvalue weighted by Crippen LogP contribution is -1.98. The fraction of sp³-hybridized carbons (Fsp3) is 0.0625. The second-order valence-corrected chi connectivity index (χ2v) is 5.48. The number of methoxy groups -OCH3 is 1. The molecule has 0 aliphatic heterocycles. The first-order valence-corrected chi connectivity index (χ1v) is 7.23. The van der Waals surface area contributed by atoms with E-state index in [-0.39, 0.29) is 0 Å². The van der Waals surface area contributed by atoms with Gasteiger partial charge in [-0.1, -0.05) is 40.2 Å². The quantitative estimate of drug-likeness (QED) is 0.784. The van der Waals surface area contributed by atoms with Crippen LogP contribution in [-0.2, 0) is 0 Å². The molecule has 1 heterocycles. The van der Waals surface area contributed by atoms with E-state index in [0.717, 1.165) is 27.2 Å². The molecule has 0 spiro atoms. The number of benzene rings is 2. The predicted molar refractivity (Wildman–Crippen MR) is 87.7 cm³/mol. The minimum atomic E-state index is 0.624. The number of hydrogen-bond acceptors (Lipinski definition) is 3. The van der Waals surface area contributed by atoms with Gasteiger partial charge >= 0.3 is 0 Å². The molecule has 106 valence electrons. The van der Waals surface area contributed by atoms with Crippen LogP contribution >= 0.6 is 15.9 Å². The Kier molecular flexibility index (Phi) is 3.66. The molecular weight excluding hydrogens is 330 g/mol. The molecule has 0 bridgehead atoms. The molecule has 3 rings (SSSR count). The zero-order chi connectivity index (χ0) is 14.8. The summed E-state index contributed by atoms with van der Waals surface area (Å²) in [6.07, 6.45) is 1.80. The van der Waals surface area contributed by atoms with Gasteiger partial charge in [0.05, 0.1) is 19.0 Å². The number of nitrogens with two attached hydrogens (primary N) is 1. The average molecular weight is 344 g/mol. The number of hydrogen-bond donors (Lipinski definition) is 1. The molecule has 21 heavy (non-hydrogen) atoms. The van der Waals surface area contributed by atoms with Gasteiger partial charge in [-0.15, -0.1) is 0 Å². The topological polar surface area (TPSA) is 53.1 Å². The fourth-order valence-corrected chi connectivity index (χ4v) is 2.59. The van der Waals surface area contributed by atoms with Crippen molar-refractivity contribution in [1.82, 2.24) is 9.78 Å². The van der Waals surface area contributed by atoms with Crippen LogP contribution in [0.1, 0.15) is 0 Å². The third-order valence-electron chi connectivity index (χ3n) is 3.17. The number of halogens is 1. The highest BCUT2D eigenvalue weighted by Gasteiger charge is 2.12. The molecule has 0 aliphatic carbocycles. The number of nitrogens with zero attached hydrogens (tertiary/aromatic N) is 2. The molecule has 5 heteroatoms. The second-order valence-electron chi connectivity index (χ2n) is 4.56. The molecule has 4 nitrogen and oxygen atoms in total. The number of nitrogen functional groups attached to an aromatic ring is 1. The van der Waals surface area contributed by atoms with Crippen molar-refractivity contribution in [1.29, 1.82) is 0 Å². The molecule has 1 aromatic heterocycles. The standard InChI is InChI=1S/C16H14BrN3O/c1-21-15-8-3-2-7-14(15)20-10-13(18)16(19-20)11-5-4-6-12(17)9-11/h2-10H,18H2,1H3. The Morgan fingerprint density at radius 3 is 2.71 bits per heavy atom. The van der Waals surface area contributed by atoms with E-state index in [1.165, 1.54) is 0 Å².